The van der Waals surface area contributed by atoms with Gasteiger partial charge in [0.1, 0.15) is 0 Å². The van der Waals surface area contributed by atoms with E-state index in [-0.39, 0.29) is 0 Å². The highest BCUT2D eigenvalue weighted by atomic mass is 32.1. The van der Waals surface area contributed by atoms with Gasteiger partial charge in [-0.15, -0.1) is 16.4 Å². The fourth-order valence-corrected chi connectivity index (χ4v) is 2.78. The summed E-state index contributed by atoms with van der Waals surface area (Å²) in [6, 6.07) is 5.04. The molecule has 5 nitrogen and oxygen atoms in total. The van der Waals surface area contributed by atoms with Crippen LogP contribution in [-0.4, -0.2) is 26.2 Å². The zero-order valence-corrected chi connectivity index (χ0v) is 11.3. The van der Waals surface area contributed by atoms with Gasteiger partial charge >= 0.3 is 0 Å². The summed E-state index contributed by atoms with van der Waals surface area (Å²) >= 11 is 1.84. The number of aromatic nitrogens is 4. The molecule has 18 heavy (non-hydrogen) atoms. The number of hydrogen-bond donors (Lipinski definition) is 1. The van der Waals surface area contributed by atoms with E-state index in [2.05, 4.69) is 39.9 Å². The van der Waals surface area contributed by atoms with Crippen LogP contribution in [0.5, 0.6) is 0 Å². The van der Waals surface area contributed by atoms with Crippen LogP contribution in [0.4, 0.5) is 0 Å². The van der Waals surface area contributed by atoms with Gasteiger partial charge in [-0.2, -0.15) is 0 Å². The molecular weight excluding hydrogens is 246 g/mol. The van der Waals surface area contributed by atoms with Crippen LogP contribution in [0.1, 0.15) is 35.3 Å². The average molecular weight is 263 g/mol. The predicted octanol–water partition coefficient (Wildman–Crippen LogP) is 1.60. The summed E-state index contributed by atoms with van der Waals surface area (Å²) in [7, 11) is 0. The first-order chi connectivity index (χ1) is 8.85. The molecular formula is C12H17N5S. The molecule has 0 spiro atoms. The van der Waals surface area contributed by atoms with Crippen LogP contribution in [0.25, 0.3) is 0 Å². The first kappa shape index (κ1) is 11.8. The summed E-state index contributed by atoms with van der Waals surface area (Å²) in [4.78, 5) is 2.72. The van der Waals surface area contributed by atoms with E-state index in [0.29, 0.717) is 6.04 Å². The zero-order chi connectivity index (χ0) is 12.4. The van der Waals surface area contributed by atoms with Crippen LogP contribution in [0.2, 0.25) is 0 Å². The Morgan fingerprint density at radius 1 is 1.39 bits per heavy atom. The summed E-state index contributed by atoms with van der Waals surface area (Å²) in [5, 5.41) is 15.4. The standard InChI is InChI=1S/C12H17N5S/c1-2-10-5-6-11(18-10)8-17-12(14-15-16-17)7-13-9-3-4-9/h5-6,9,13H,2-4,7-8H2,1H3. The van der Waals surface area contributed by atoms with Gasteiger partial charge < -0.3 is 5.32 Å². The molecule has 0 aromatic carbocycles. The first-order valence-corrected chi connectivity index (χ1v) is 7.23. The highest BCUT2D eigenvalue weighted by molar-refractivity contribution is 7.11. The first-order valence-electron chi connectivity index (χ1n) is 6.41. The smallest absolute Gasteiger partial charge is 0.165 e. The van der Waals surface area contributed by atoms with Crippen molar-refractivity contribution in [2.24, 2.45) is 0 Å². The molecule has 96 valence electrons. The van der Waals surface area contributed by atoms with Crippen molar-refractivity contribution in [3.63, 3.8) is 0 Å². The van der Waals surface area contributed by atoms with E-state index in [0.717, 1.165) is 25.3 Å². The Balaban J connectivity index is 1.65. The zero-order valence-electron chi connectivity index (χ0n) is 10.5. The largest absolute Gasteiger partial charge is 0.307 e. The van der Waals surface area contributed by atoms with Crippen LogP contribution in [0, 0.1) is 0 Å². The number of thiophene rings is 1. The van der Waals surface area contributed by atoms with E-state index in [1.165, 1.54) is 22.6 Å². The quantitative estimate of drug-likeness (QED) is 0.860. The molecule has 1 saturated carbocycles. The van der Waals surface area contributed by atoms with Crippen LogP contribution in [0.15, 0.2) is 12.1 Å². The molecule has 0 atom stereocenters. The second-order valence-corrected chi connectivity index (χ2v) is 5.88. The SMILES string of the molecule is CCc1ccc(Cn2nnnc2CNC2CC2)s1. The molecule has 0 unspecified atom stereocenters. The van der Waals surface area contributed by atoms with Crippen molar-refractivity contribution in [3.05, 3.63) is 27.7 Å². The number of nitrogens with zero attached hydrogens (tertiary/aromatic N) is 4. The molecule has 0 amide bonds. The van der Waals surface area contributed by atoms with E-state index >= 15 is 0 Å². The molecule has 2 aromatic rings. The molecule has 2 aromatic heterocycles. The van der Waals surface area contributed by atoms with Gasteiger partial charge in [-0.1, -0.05) is 6.92 Å². The molecule has 0 saturated heterocycles. The Morgan fingerprint density at radius 2 is 2.22 bits per heavy atom. The molecule has 1 aliphatic carbocycles. The maximum absolute atomic E-state index is 4.08. The number of nitrogens with one attached hydrogen (secondary N) is 1. The van der Waals surface area contributed by atoms with Gasteiger partial charge in [0, 0.05) is 15.8 Å². The van der Waals surface area contributed by atoms with E-state index in [1.807, 2.05) is 16.0 Å². The van der Waals surface area contributed by atoms with Crippen molar-refractivity contribution >= 4 is 11.3 Å². The van der Waals surface area contributed by atoms with Crippen LogP contribution in [-0.2, 0) is 19.5 Å². The summed E-state index contributed by atoms with van der Waals surface area (Å²) in [5.41, 5.74) is 0. The maximum Gasteiger partial charge on any atom is 0.165 e. The van der Waals surface area contributed by atoms with Crippen molar-refractivity contribution in [2.45, 2.75) is 45.3 Å². The number of aryl methyl sites for hydroxylation is 1. The minimum Gasteiger partial charge on any atom is -0.307 e. The van der Waals surface area contributed by atoms with E-state index < -0.39 is 0 Å². The topological polar surface area (TPSA) is 55.6 Å². The fraction of sp³-hybridized carbons (Fsp3) is 0.583. The fourth-order valence-electron chi connectivity index (χ4n) is 1.84. The molecule has 0 aliphatic heterocycles. The molecule has 1 aliphatic rings. The number of hydrogen-bond acceptors (Lipinski definition) is 5. The normalized spacial score (nSPS) is 15.2. The maximum atomic E-state index is 4.08. The van der Waals surface area contributed by atoms with Crippen molar-refractivity contribution in [1.82, 2.24) is 25.5 Å². The summed E-state index contributed by atoms with van der Waals surface area (Å²) in [6.07, 6.45) is 3.66. The van der Waals surface area contributed by atoms with Gasteiger partial charge in [-0.3, -0.25) is 0 Å². The monoisotopic (exact) mass is 263 g/mol. The molecule has 1 fully saturated rings. The van der Waals surface area contributed by atoms with Crippen molar-refractivity contribution < 1.29 is 0 Å². The third-order valence-electron chi connectivity index (χ3n) is 3.10. The summed E-state index contributed by atoms with van der Waals surface area (Å²) < 4.78 is 1.89. The van der Waals surface area contributed by atoms with Gasteiger partial charge in [-0.25, -0.2) is 4.68 Å². The number of tetrazole rings is 1. The van der Waals surface area contributed by atoms with Crippen LogP contribution < -0.4 is 5.32 Å². The Labute approximate surface area is 110 Å². The molecule has 0 bridgehead atoms. The van der Waals surface area contributed by atoms with Gasteiger partial charge in [-0.05, 0) is 41.8 Å². The van der Waals surface area contributed by atoms with Crippen molar-refractivity contribution in [2.75, 3.05) is 0 Å². The third-order valence-corrected chi connectivity index (χ3v) is 4.32. The third kappa shape index (κ3) is 2.76. The Bertz CT molecular complexity index is 514. The average Bonchev–Trinajstić information content (AvgIpc) is 2.93. The van der Waals surface area contributed by atoms with Crippen molar-refractivity contribution in [1.29, 1.82) is 0 Å². The number of rotatable bonds is 6. The second kappa shape index (κ2) is 5.16. The van der Waals surface area contributed by atoms with Gasteiger partial charge in [0.2, 0.25) is 0 Å². The van der Waals surface area contributed by atoms with Gasteiger partial charge in [0.15, 0.2) is 5.82 Å². The van der Waals surface area contributed by atoms with Crippen molar-refractivity contribution in [3.8, 4) is 0 Å². The lowest BCUT2D eigenvalue weighted by Gasteiger charge is -2.03. The molecule has 6 heteroatoms. The Hall–Kier alpha value is -1.27. The van der Waals surface area contributed by atoms with Crippen LogP contribution in [0.3, 0.4) is 0 Å². The van der Waals surface area contributed by atoms with E-state index in [4.69, 9.17) is 0 Å². The minimum absolute atomic E-state index is 0.684. The Morgan fingerprint density at radius 3 is 2.94 bits per heavy atom. The molecule has 2 heterocycles. The molecule has 1 N–H and O–H groups in total. The van der Waals surface area contributed by atoms with E-state index in [1.54, 1.807) is 0 Å². The Kier molecular flexibility index (Phi) is 3.38. The highest BCUT2D eigenvalue weighted by Gasteiger charge is 2.21. The van der Waals surface area contributed by atoms with Crippen LogP contribution >= 0.6 is 11.3 Å². The lowest BCUT2D eigenvalue weighted by Crippen LogP contribution is -2.19. The lowest BCUT2D eigenvalue weighted by atomic mass is 10.3. The molecule has 3 rings (SSSR count). The lowest BCUT2D eigenvalue weighted by molar-refractivity contribution is 0.581. The second-order valence-electron chi connectivity index (χ2n) is 4.63. The van der Waals surface area contributed by atoms with Gasteiger partial charge in [0.05, 0.1) is 13.1 Å². The minimum atomic E-state index is 0.684. The predicted molar refractivity (Wildman–Crippen MR) is 70.5 cm³/mol. The summed E-state index contributed by atoms with van der Waals surface area (Å²) in [6.45, 7) is 3.72. The highest BCUT2D eigenvalue weighted by Crippen LogP contribution is 2.20. The summed E-state index contributed by atoms with van der Waals surface area (Å²) in [5.74, 6) is 0.924. The van der Waals surface area contributed by atoms with E-state index in [9.17, 15) is 0 Å². The van der Waals surface area contributed by atoms with Gasteiger partial charge in [0.25, 0.3) is 0 Å². The molecule has 0 radical (unpaired) electrons.